The van der Waals surface area contributed by atoms with Gasteiger partial charge in [-0.05, 0) is 18.9 Å². The van der Waals surface area contributed by atoms with Gasteiger partial charge < -0.3 is 14.2 Å². The van der Waals surface area contributed by atoms with Crippen molar-refractivity contribution in [2.75, 3.05) is 39.4 Å². The highest BCUT2D eigenvalue weighted by atomic mass is 19.1. The number of amides is 1. The Bertz CT molecular complexity index is 799. The molecule has 1 amide bonds. The van der Waals surface area contributed by atoms with Crippen LogP contribution in [-0.2, 0) is 22.6 Å². The summed E-state index contributed by atoms with van der Waals surface area (Å²) in [6, 6.07) is 6.78. The minimum Gasteiger partial charge on any atom is -0.379 e. The van der Waals surface area contributed by atoms with Crippen LogP contribution in [0.2, 0.25) is 0 Å². The number of imidazole rings is 1. The number of aromatic nitrogens is 2. The van der Waals surface area contributed by atoms with Crippen LogP contribution in [-0.4, -0.2) is 64.7 Å². The zero-order chi connectivity index (χ0) is 19.3. The highest BCUT2D eigenvalue weighted by molar-refractivity contribution is 5.81. The van der Waals surface area contributed by atoms with Gasteiger partial charge in [0.25, 0.3) is 0 Å². The van der Waals surface area contributed by atoms with E-state index in [1.807, 2.05) is 21.7 Å². The van der Waals surface area contributed by atoms with Crippen molar-refractivity contribution in [2.45, 2.75) is 25.9 Å². The summed E-state index contributed by atoms with van der Waals surface area (Å²) >= 11 is 0. The minimum atomic E-state index is -0.222. The predicted molar refractivity (Wildman–Crippen MR) is 103 cm³/mol. The molecule has 4 rings (SSSR count). The van der Waals surface area contributed by atoms with Crippen LogP contribution in [0.25, 0.3) is 0 Å². The monoisotopic (exact) mass is 386 g/mol. The van der Waals surface area contributed by atoms with Gasteiger partial charge in [0.15, 0.2) is 0 Å². The summed E-state index contributed by atoms with van der Waals surface area (Å²) in [5, 5.41) is 0. The fraction of sp³-hybridized carbons (Fsp3) is 0.524. The van der Waals surface area contributed by atoms with Gasteiger partial charge >= 0.3 is 0 Å². The van der Waals surface area contributed by atoms with Crippen LogP contribution < -0.4 is 0 Å². The maximum absolute atomic E-state index is 14.0. The van der Waals surface area contributed by atoms with Crippen LogP contribution in [0.1, 0.15) is 24.2 Å². The molecule has 0 N–H and O–H groups in total. The van der Waals surface area contributed by atoms with E-state index in [9.17, 15) is 9.18 Å². The van der Waals surface area contributed by atoms with E-state index in [1.54, 1.807) is 18.3 Å². The van der Waals surface area contributed by atoms with Gasteiger partial charge in [0, 0.05) is 50.1 Å². The van der Waals surface area contributed by atoms with E-state index in [0.717, 1.165) is 51.5 Å². The summed E-state index contributed by atoms with van der Waals surface area (Å²) in [6.45, 7) is 5.73. The molecule has 28 heavy (non-hydrogen) atoms. The van der Waals surface area contributed by atoms with Crippen LogP contribution in [0.3, 0.4) is 0 Å². The number of carbonyl (C=O) groups is 1. The van der Waals surface area contributed by atoms with Gasteiger partial charge in [-0.25, -0.2) is 9.37 Å². The number of rotatable bonds is 8. The molecule has 0 bridgehead atoms. The number of hydrogen-bond donors (Lipinski definition) is 0. The lowest BCUT2D eigenvalue weighted by Gasteiger charge is -2.30. The van der Waals surface area contributed by atoms with Crippen molar-refractivity contribution in [3.05, 3.63) is 53.9 Å². The maximum Gasteiger partial charge on any atom is 0.226 e. The van der Waals surface area contributed by atoms with Gasteiger partial charge in [-0.15, -0.1) is 0 Å². The molecule has 2 heterocycles. The van der Waals surface area contributed by atoms with E-state index < -0.39 is 0 Å². The van der Waals surface area contributed by atoms with Crippen molar-refractivity contribution < 1.29 is 13.9 Å². The smallest absolute Gasteiger partial charge is 0.226 e. The Balaban J connectivity index is 1.43. The molecular formula is C21H27FN4O2. The number of morpholine rings is 1. The largest absolute Gasteiger partial charge is 0.379 e. The molecule has 2 aromatic rings. The Morgan fingerprint density at radius 3 is 2.79 bits per heavy atom. The highest BCUT2D eigenvalue weighted by Crippen LogP contribution is 2.31. The highest BCUT2D eigenvalue weighted by Gasteiger charge is 2.34. The molecule has 2 aliphatic rings. The Kier molecular flexibility index (Phi) is 6.02. The minimum absolute atomic E-state index is 0.166. The Morgan fingerprint density at radius 2 is 2.04 bits per heavy atom. The molecule has 2 fully saturated rings. The first kappa shape index (κ1) is 19.1. The van der Waals surface area contributed by atoms with Crippen molar-refractivity contribution in [2.24, 2.45) is 5.92 Å². The van der Waals surface area contributed by atoms with Gasteiger partial charge in [-0.2, -0.15) is 0 Å². The summed E-state index contributed by atoms with van der Waals surface area (Å²) in [4.78, 5) is 21.5. The number of benzene rings is 1. The first-order valence-electron chi connectivity index (χ1n) is 10.0. The lowest BCUT2D eigenvalue weighted by molar-refractivity contribution is -0.133. The SMILES string of the molecule is O=C(C1CC1)N(CCN1CCOCC1)Cc1nccn1Cc1ccccc1F. The van der Waals surface area contributed by atoms with E-state index in [4.69, 9.17) is 4.74 Å². The normalized spacial score (nSPS) is 17.6. The van der Waals surface area contributed by atoms with E-state index in [2.05, 4.69) is 9.88 Å². The molecule has 150 valence electrons. The quantitative estimate of drug-likeness (QED) is 0.698. The first-order chi connectivity index (χ1) is 13.7. The summed E-state index contributed by atoms with van der Waals surface area (Å²) in [5.41, 5.74) is 0.620. The zero-order valence-corrected chi connectivity index (χ0v) is 16.1. The molecule has 0 radical (unpaired) electrons. The Labute approximate surface area is 164 Å². The standard InChI is InChI=1S/C21H27FN4O2/c22-19-4-2-1-3-18(19)15-25-8-7-23-20(25)16-26(21(27)17-5-6-17)10-9-24-11-13-28-14-12-24/h1-4,7-8,17H,5-6,9-16H2. The molecule has 6 nitrogen and oxygen atoms in total. The van der Waals surface area contributed by atoms with Crippen LogP contribution in [0.5, 0.6) is 0 Å². The second-order valence-electron chi connectivity index (χ2n) is 7.55. The summed E-state index contributed by atoms with van der Waals surface area (Å²) in [5.74, 6) is 0.952. The summed E-state index contributed by atoms with van der Waals surface area (Å²) < 4.78 is 21.4. The van der Waals surface area contributed by atoms with E-state index in [1.165, 1.54) is 6.07 Å². The van der Waals surface area contributed by atoms with E-state index in [0.29, 0.717) is 25.2 Å². The maximum atomic E-state index is 14.0. The second-order valence-corrected chi connectivity index (χ2v) is 7.55. The van der Waals surface area contributed by atoms with Crippen molar-refractivity contribution >= 4 is 5.91 Å². The average Bonchev–Trinajstić information content (AvgIpc) is 3.48. The van der Waals surface area contributed by atoms with Crippen LogP contribution in [0, 0.1) is 11.7 Å². The molecule has 0 atom stereocenters. The lowest BCUT2D eigenvalue weighted by atomic mass is 10.2. The molecule has 1 saturated heterocycles. The van der Waals surface area contributed by atoms with Crippen molar-refractivity contribution in [3.8, 4) is 0 Å². The number of carbonyl (C=O) groups excluding carboxylic acids is 1. The fourth-order valence-electron chi connectivity index (χ4n) is 3.56. The number of halogens is 1. The molecular weight excluding hydrogens is 359 g/mol. The van der Waals surface area contributed by atoms with Crippen LogP contribution in [0.15, 0.2) is 36.7 Å². The third-order valence-corrected chi connectivity index (χ3v) is 5.46. The average molecular weight is 386 g/mol. The molecule has 1 aliphatic heterocycles. The third kappa shape index (κ3) is 4.77. The second kappa shape index (κ2) is 8.84. The topological polar surface area (TPSA) is 50.6 Å². The summed E-state index contributed by atoms with van der Waals surface area (Å²) in [6.07, 6.45) is 5.54. The van der Waals surface area contributed by atoms with Gasteiger partial charge in [0.2, 0.25) is 5.91 Å². The number of nitrogens with zero attached hydrogens (tertiary/aromatic N) is 4. The van der Waals surface area contributed by atoms with E-state index in [-0.39, 0.29) is 17.6 Å². The first-order valence-corrected chi connectivity index (χ1v) is 10.0. The number of hydrogen-bond acceptors (Lipinski definition) is 4. The van der Waals surface area contributed by atoms with Crippen molar-refractivity contribution in [1.82, 2.24) is 19.4 Å². The molecule has 1 saturated carbocycles. The van der Waals surface area contributed by atoms with Gasteiger partial charge in [-0.3, -0.25) is 9.69 Å². The molecule has 1 aromatic carbocycles. The van der Waals surface area contributed by atoms with Crippen molar-refractivity contribution in [1.29, 1.82) is 0 Å². The Hall–Kier alpha value is -2.25. The molecule has 1 aliphatic carbocycles. The van der Waals surface area contributed by atoms with Crippen LogP contribution >= 0.6 is 0 Å². The molecule has 7 heteroatoms. The van der Waals surface area contributed by atoms with Gasteiger partial charge in [0.1, 0.15) is 11.6 Å². The third-order valence-electron chi connectivity index (χ3n) is 5.46. The Morgan fingerprint density at radius 1 is 1.25 bits per heavy atom. The van der Waals surface area contributed by atoms with Gasteiger partial charge in [-0.1, -0.05) is 18.2 Å². The molecule has 0 unspecified atom stereocenters. The lowest BCUT2D eigenvalue weighted by Crippen LogP contribution is -2.43. The van der Waals surface area contributed by atoms with Crippen LogP contribution in [0.4, 0.5) is 4.39 Å². The van der Waals surface area contributed by atoms with Crippen molar-refractivity contribution in [3.63, 3.8) is 0 Å². The summed E-state index contributed by atoms with van der Waals surface area (Å²) in [7, 11) is 0. The number of ether oxygens (including phenoxy) is 1. The zero-order valence-electron chi connectivity index (χ0n) is 16.1. The van der Waals surface area contributed by atoms with E-state index >= 15 is 0 Å². The van der Waals surface area contributed by atoms with Gasteiger partial charge in [0.05, 0.1) is 26.3 Å². The predicted octanol–water partition coefficient (Wildman–Crippen LogP) is 2.14. The molecule has 0 spiro atoms. The molecule has 1 aromatic heterocycles. The fourth-order valence-corrected chi connectivity index (χ4v) is 3.56.